The smallest absolute Gasteiger partial charge is 0.331 e. The van der Waals surface area contributed by atoms with Crippen LogP contribution in [0, 0.1) is 13.8 Å². The molecule has 2 aromatic rings. The lowest BCUT2D eigenvalue weighted by atomic mass is 10.1. The Morgan fingerprint density at radius 2 is 1.75 bits per heavy atom. The predicted molar refractivity (Wildman–Crippen MR) is 127 cm³/mol. The number of carbonyl (C=O) groups excluding carboxylic acids is 2. The molecule has 1 unspecified atom stereocenters. The van der Waals surface area contributed by atoms with E-state index in [0.29, 0.717) is 24.7 Å². The van der Waals surface area contributed by atoms with Gasteiger partial charge < -0.3 is 19.5 Å². The number of nitrogens with one attached hydrogen (secondary N) is 1. The second kappa shape index (κ2) is 12.5. The van der Waals surface area contributed by atoms with Gasteiger partial charge in [-0.05, 0) is 69.0 Å². The van der Waals surface area contributed by atoms with Crippen LogP contribution in [0.2, 0.25) is 0 Å². The van der Waals surface area contributed by atoms with Gasteiger partial charge in [-0.1, -0.05) is 37.6 Å². The van der Waals surface area contributed by atoms with Gasteiger partial charge in [0, 0.05) is 11.8 Å². The number of amides is 1. The van der Waals surface area contributed by atoms with Crippen LogP contribution in [0.3, 0.4) is 0 Å². The number of anilines is 1. The summed E-state index contributed by atoms with van der Waals surface area (Å²) in [7, 11) is 0. The second-order valence-electron chi connectivity index (χ2n) is 7.51. The van der Waals surface area contributed by atoms with Crippen molar-refractivity contribution in [2.45, 2.75) is 53.6 Å². The lowest BCUT2D eigenvalue weighted by Crippen LogP contribution is -2.30. The van der Waals surface area contributed by atoms with Crippen LogP contribution >= 0.6 is 0 Å². The Morgan fingerprint density at radius 1 is 1.03 bits per heavy atom. The fourth-order valence-corrected chi connectivity index (χ4v) is 3.01. The molecule has 0 saturated carbocycles. The number of hydrogen-bond donors (Lipinski definition) is 1. The van der Waals surface area contributed by atoms with Gasteiger partial charge in [-0.25, -0.2) is 4.79 Å². The van der Waals surface area contributed by atoms with Gasteiger partial charge in [-0.3, -0.25) is 4.79 Å². The van der Waals surface area contributed by atoms with Crippen molar-refractivity contribution in [3.63, 3.8) is 0 Å². The highest BCUT2D eigenvalue weighted by atomic mass is 16.5. The average Bonchev–Trinajstić information content (AvgIpc) is 2.76. The van der Waals surface area contributed by atoms with Crippen molar-refractivity contribution in [1.29, 1.82) is 0 Å². The van der Waals surface area contributed by atoms with Crippen LogP contribution in [0.5, 0.6) is 11.5 Å². The van der Waals surface area contributed by atoms with Gasteiger partial charge in [-0.2, -0.15) is 0 Å². The molecule has 2 aromatic carbocycles. The Bertz CT molecular complexity index is 931. The van der Waals surface area contributed by atoms with Crippen molar-refractivity contribution in [2.75, 3.05) is 18.5 Å². The summed E-state index contributed by atoms with van der Waals surface area (Å²) in [6.45, 7) is 10.5. The van der Waals surface area contributed by atoms with E-state index in [9.17, 15) is 9.59 Å². The van der Waals surface area contributed by atoms with E-state index < -0.39 is 12.1 Å². The van der Waals surface area contributed by atoms with E-state index in [2.05, 4.69) is 12.2 Å². The van der Waals surface area contributed by atoms with Crippen molar-refractivity contribution < 1.29 is 23.8 Å². The quantitative estimate of drug-likeness (QED) is 0.286. The number of unbranched alkanes of at least 4 members (excludes halogenated alkanes) is 1. The van der Waals surface area contributed by atoms with Crippen LogP contribution in [0.25, 0.3) is 6.08 Å². The van der Waals surface area contributed by atoms with Gasteiger partial charge in [0.25, 0.3) is 5.91 Å². The first-order valence-corrected chi connectivity index (χ1v) is 11.0. The molecule has 172 valence electrons. The van der Waals surface area contributed by atoms with E-state index in [4.69, 9.17) is 14.2 Å². The van der Waals surface area contributed by atoms with E-state index in [1.807, 2.05) is 57.2 Å². The fourth-order valence-electron chi connectivity index (χ4n) is 3.01. The van der Waals surface area contributed by atoms with Crippen LogP contribution in [0.15, 0.2) is 42.5 Å². The minimum Gasteiger partial charge on any atom is -0.490 e. The zero-order valence-electron chi connectivity index (χ0n) is 19.6. The third-order valence-electron chi connectivity index (χ3n) is 4.83. The van der Waals surface area contributed by atoms with E-state index >= 15 is 0 Å². The topological polar surface area (TPSA) is 73.9 Å². The summed E-state index contributed by atoms with van der Waals surface area (Å²) in [5.41, 5.74) is 3.40. The molecular weight excluding hydrogens is 406 g/mol. The monoisotopic (exact) mass is 439 g/mol. The van der Waals surface area contributed by atoms with Crippen LogP contribution < -0.4 is 14.8 Å². The van der Waals surface area contributed by atoms with Crippen molar-refractivity contribution in [1.82, 2.24) is 0 Å². The van der Waals surface area contributed by atoms with Crippen LogP contribution in [-0.2, 0) is 14.3 Å². The Hall–Kier alpha value is -3.28. The highest BCUT2D eigenvalue weighted by Crippen LogP contribution is 2.29. The zero-order chi connectivity index (χ0) is 23.5. The summed E-state index contributed by atoms with van der Waals surface area (Å²) in [4.78, 5) is 24.7. The maximum absolute atomic E-state index is 12.4. The van der Waals surface area contributed by atoms with E-state index in [-0.39, 0.29) is 5.91 Å². The molecule has 0 heterocycles. The lowest BCUT2D eigenvalue weighted by molar-refractivity contribution is -0.148. The number of ether oxygens (including phenoxy) is 3. The fraction of sp³-hybridized carbons (Fsp3) is 0.385. The minimum atomic E-state index is -0.931. The van der Waals surface area contributed by atoms with Gasteiger partial charge in [0.05, 0.1) is 13.2 Å². The molecule has 2 rings (SSSR count). The normalized spacial score (nSPS) is 11.8. The molecule has 0 aliphatic rings. The SMILES string of the molecule is CCCCOc1ccc(/C=C/C(=O)OC(C)C(=O)Nc2c(C)cccc2C)cc1OCC. The molecule has 6 nitrogen and oxygen atoms in total. The van der Waals surface area contributed by atoms with Gasteiger partial charge in [-0.15, -0.1) is 0 Å². The molecule has 0 aliphatic carbocycles. The number of rotatable bonds is 11. The van der Waals surface area contributed by atoms with E-state index in [0.717, 1.165) is 35.2 Å². The number of esters is 1. The first-order valence-electron chi connectivity index (χ1n) is 11.0. The first-order chi connectivity index (χ1) is 15.3. The number of hydrogen-bond acceptors (Lipinski definition) is 5. The summed E-state index contributed by atoms with van der Waals surface area (Å²) in [6.07, 6.45) is 4.00. The molecule has 1 amide bonds. The summed E-state index contributed by atoms with van der Waals surface area (Å²) in [5.74, 6) is 0.323. The highest BCUT2D eigenvalue weighted by molar-refractivity contribution is 5.97. The molecule has 0 aromatic heterocycles. The minimum absolute atomic E-state index is 0.378. The summed E-state index contributed by atoms with van der Waals surface area (Å²) in [6, 6.07) is 11.2. The lowest BCUT2D eigenvalue weighted by Gasteiger charge is -2.15. The number of carbonyl (C=O) groups is 2. The van der Waals surface area contributed by atoms with Gasteiger partial charge >= 0.3 is 5.97 Å². The first kappa shape index (κ1) is 25.0. The molecule has 32 heavy (non-hydrogen) atoms. The van der Waals surface area contributed by atoms with Crippen molar-refractivity contribution in [2.24, 2.45) is 0 Å². The highest BCUT2D eigenvalue weighted by Gasteiger charge is 2.18. The predicted octanol–water partition coefficient (Wildman–Crippen LogP) is 5.46. The molecule has 0 fully saturated rings. The third kappa shape index (κ3) is 7.45. The maximum atomic E-state index is 12.4. The summed E-state index contributed by atoms with van der Waals surface area (Å²) in [5, 5.41) is 2.84. The number of aryl methyl sites for hydroxylation is 2. The van der Waals surface area contributed by atoms with Crippen molar-refractivity contribution >= 4 is 23.6 Å². The number of para-hydroxylation sites is 1. The summed E-state index contributed by atoms with van der Waals surface area (Å²) < 4.78 is 16.7. The number of benzene rings is 2. The molecule has 0 aliphatic heterocycles. The van der Waals surface area contributed by atoms with Gasteiger partial charge in [0.1, 0.15) is 0 Å². The van der Waals surface area contributed by atoms with E-state index in [1.165, 1.54) is 6.08 Å². The molecule has 1 atom stereocenters. The molecule has 6 heteroatoms. The largest absolute Gasteiger partial charge is 0.490 e. The van der Waals surface area contributed by atoms with Crippen molar-refractivity contribution in [3.8, 4) is 11.5 Å². The van der Waals surface area contributed by atoms with Crippen LogP contribution in [-0.4, -0.2) is 31.2 Å². The van der Waals surface area contributed by atoms with Crippen LogP contribution in [0.4, 0.5) is 5.69 Å². The molecule has 0 spiro atoms. The van der Waals surface area contributed by atoms with Gasteiger partial charge in [0.2, 0.25) is 0 Å². The van der Waals surface area contributed by atoms with Crippen LogP contribution in [0.1, 0.15) is 50.3 Å². The average molecular weight is 440 g/mol. The van der Waals surface area contributed by atoms with Gasteiger partial charge in [0.15, 0.2) is 17.6 Å². The Balaban J connectivity index is 1.98. The Morgan fingerprint density at radius 3 is 2.41 bits per heavy atom. The Kier molecular flexibility index (Phi) is 9.79. The molecule has 1 N–H and O–H groups in total. The molecule has 0 radical (unpaired) electrons. The third-order valence-corrected chi connectivity index (χ3v) is 4.83. The molecule has 0 bridgehead atoms. The Labute approximate surface area is 190 Å². The molecule has 0 saturated heterocycles. The second-order valence-corrected chi connectivity index (χ2v) is 7.51. The maximum Gasteiger partial charge on any atom is 0.331 e. The van der Waals surface area contributed by atoms with Crippen molar-refractivity contribution in [3.05, 3.63) is 59.2 Å². The van der Waals surface area contributed by atoms with E-state index in [1.54, 1.807) is 13.0 Å². The summed E-state index contributed by atoms with van der Waals surface area (Å²) >= 11 is 0. The molecular formula is C26H33NO5. The standard InChI is InChI=1S/C26H33NO5/c1-6-8-16-31-22-14-12-21(17-23(22)30-7-2)13-15-24(28)32-20(5)26(29)27-25-18(3)10-9-11-19(25)4/h9-15,17,20H,6-8,16H2,1-5H3,(H,27,29)/b15-13+. The zero-order valence-corrected chi connectivity index (χ0v) is 19.6.